The molecule has 1 aliphatic carbocycles. The molecule has 0 heterocycles. The highest BCUT2D eigenvalue weighted by Crippen LogP contribution is 2.37. The van der Waals surface area contributed by atoms with Gasteiger partial charge in [-0.15, -0.1) is 12.4 Å². The van der Waals surface area contributed by atoms with Gasteiger partial charge in [0, 0.05) is 5.54 Å². The largest absolute Gasteiger partial charge is 0.494 e. The van der Waals surface area contributed by atoms with Crippen LogP contribution in [0.4, 0.5) is 0 Å². The number of halogens is 1. The van der Waals surface area contributed by atoms with Gasteiger partial charge in [0.1, 0.15) is 5.75 Å². The van der Waals surface area contributed by atoms with Crippen LogP contribution in [-0.4, -0.2) is 23.9 Å². The number of hydrogen-bond donors (Lipinski definition) is 2. The van der Waals surface area contributed by atoms with Crippen LogP contribution in [0.15, 0.2) is 24.3 Å². The van der Waals surface area contributed by atoms with Crippen LogP contribution in [0.5, 0.6) is 5.75 Å². The second kappa shape index (κ2) is 11.8. The highest BCUT2D eigenvalue weighted by Gasteiger charge is 2.33. The van der Waals surface area contributed by atoms with E-state index in [-0.39, 0.29) is 19.0 Å². The van der Waals surface area contributed by atoms with Crippen LogP contribution in [0.3, 0.4) is 0 Å². The second-order valence-corrected chi connectivity index (χ2v) is 7.57. The van der Waals surface area contributed by atoms with Gasteiger partial charge in [-0.05, 0) is 49.3 Å². The maximum atomic E-state index is 9.61. The molecule has 1 atom stereocenters. The van der Waals surface area contributed by atoms with Crippen LogP contribution in [0.1, 0.15) is 70.3 Å². The van der Waals surface area contributed by atoms with Crippen molar-refractivity contribution in [3.8, 4) is 5.75 Å². The van der Waals surface area contributed by atoms with Crippen molar-refractivity contribution >= 4 is 12.4 Å². The van der Waals surface area contributed by atoms with Crippen LogP contribution in [0.2, 0.25) is 0 Å². The maximum absolute atomic E-state index is 9.61. The van der Waals surface area contributed by atoms with Gasteiger partial charge in [0.15, 0.2) is 0 Å². The molecular formula is C21H36ClNO2. The Kier molecular flexibility index (Phi) is 10.5. The van der Waals surface area contributed by atoms with Gasteiger partial charge in [-0.25, -0.2) is 0 Å². The molecule has 0 aliphatic heterocycles. The molecule has 0 bridgehead atoms. The van der Waals surface area contributed by atoms with E-state index in [1.165, 1.54) is 44.1 Å². The van der Waals surface area contributed by atoms with Crippen molar-refractivity contribution in [1.82, 2.24) is 0 Å². The van der Waals surface area contributed by atoms with Gasteiger partial charge >= 0.3 is 0 Å². The van der Waals surface area contributed by atoms with E-state index in [1.54, 1.807) is 0 Å². The van der Waals surface area contributed by atoms with E-state index in [2.05, 4.69) is 31.2 Å². The monoisotopic (exact) mass is 369 g/mol. The zero-order chi connectivity index (χ0) is 17.3. The summed E-state index contributed by atoms with van der Waals surface area (Å²) < 4.78 is 5.80. The maximum Gasteiger partial charge on any atom is 0.119 e. The number of aryl methyl sites for hydroxylation is 1. The number of aliphatic hydroxyl groups is 1. The summed E-state index contributed by atoms with van der Waals surface area (Å²) in [4.78, 5) is 0. The van der Waals surface area contributed by atoms with Crippen molar-refractivity contribution in [2.75, 3.05) is 13.2 Å². The lowest BCUT2D eigenvalue weighted by molar-refractivity contribution is 0.172. The summed E-state index contributed by atoms with van der Waals surface area (Å²) in [7, 11) is 0. The Balaban J connectivity index is 0.00000312. The Bertz CT molecular complexity index is 461. The Morgan fingerprint density at radius 1 is 1.12 bits per heavy atom. The van der Waals surface area contributed by atoms with Crippen LogP contribution in [0, 0.1) is 5.92 Å². The molecule has 1 aromatic carbocycles. The number of ether oxygens (including phenoxy) is 1. The summed E-state index contributed by atoms with van der Waals surface area (Å²) in [6.07, 6.45) is 11.6. The quantitative estimate of drug-likeness (QED) is 0.487. The summed E-state index contributed by atoms with van der Waals surface area (Å²) in [5, 5.41) is 9.61. The average molecular weight is 370 g/mol. The molecule has 1 aromatic rings. The first-order chi connectivity index (χ1) is 11.6. The molecule has 1 aliphatic rings. The van der Waals surface area contributed by atoms with Gasteiger partial charge < -0.3 is 15.6 Å². The van der Waals surface area contributed by atoms with Crippen molar-refractivity contribution in [2.24, 2.45) is 11.7 Å². The lowest BCUT2D eigenvalue weighted by Gasteiger charge is -2.27. The van der Waals surface area contributed by atoms with E-state index in [9.17, 15) is 5.11 Å². The number of hydrogen-bond acceptors (Lipinski definition) is 3. The van der Waals surface area contributed by atoms with Gasteiger partial charge in [0.25, 0.3) is 0 Å². The second-order valence-electron chi connectivity index (χ2n) is 7.57. The molecule has 25 heavy (non-hydrogen) atoms. The fraction of sp³-hybridized carbons (Fsp3) is 0.714. The van der Waals surface area contributed by atoms with Gasteiger partial charge in [-0.1, -0.05) is 57.6 Å². The molecule has 1 unspecified atom stereocenters. The minimum Gasteiger partial charge on any atom is -0.494 e. The average Bonchev–Trinajstić information content (AvgIpc) is 3.41. The molecule has 0 radical (unpaired) electrons. The molecule has 4 heteroatoms. The molecule has 0 spiro atoms. The Morgan fingerprint density at radius 3 is 2.40 bits per heavy atom. The summed E-state index contributed by atoms with van der Waals surface area (Å²) in [5.41, 5.74) is 7.22. The zero-order valence-corrected chi connectivity index (χ0v) is 16.5. The zero-order valence-electron chi connectivity index (χ0n) is 15.7. The van der Waals surface area contributed by atoms with Crippen LogP contribution in [-0.2, 0) is 6.42 Å². The highest BCUT2D eigenvalue weighted by molar-refractivity contribution is 5.85. The first-order valence-corrected chi connectivity index (χ1v) is 9.77. The third kappa shape index (κ3) is 8.94. The predicted molar refractivity (Wildman–Crippen MR) is 108 cm³/mol. The predicted octanol–water partition coefficient (Wildman–Crippen LogP) is 4.88. The molecule has 1 saturated carbocycles. The topological polar surface area (TPSA) is 55.5 Å². The van der Waals surface area contributed by atoms with Gasteiger partial charge in [0.2, 0.25) is 0 Å². The summed E-state index contributed by atoms with van der Waals surface area (Å²) in [6.45, 7) is 3.13. The Hall–Kier alpha value is -0.770. The van der Waals surface area contributed by atoms with Crippen molar-refractivity contribution in [3.63, 3.8) is 0 Å². The fourth-order valence-corrected chi connectivity index (χ4v) is 3.18. The standard InChI is InChI=1S/C21H35NO2.ClH/c1-2-3-4-5-6-15-24-20-11-9-18(10-12-20)13-14-21(22,17-23)16-19-7-8-19;/h9-12,19,23H,2-8,13-17,22H2,1H3;1H. The third-order valence-corrected chi connectivity index (χ3v) is 5.06. The summed E-state index contributed by atoms with van der Waals surface area (Å²) in [5.74, 6) is 1.70. The van der Waals surface area contributed by atoms with Crippen LogP contribution in [0.25, 0.3) is 0 Å². The number of rotatable bonds is 13. The van der Waals surface area contributed by atoms with Crippen LogP contribution >= 0.6 is 12.4 Å². The lowest BCUT2D eigenvalue weighted by atomic mass is 9.88. The normalized spacial score (nSPS) is 16.1. The number of unbranched alkanes of at least 4 members (excludes halogenated alkanes) is 4. The molecule has 0 saturated heterocycles. The molecule has 144 valence electrons. The minimum atomic E-state index is -0.408. The first-order valence-electron chi connectivity index (χ1n) is 9.77. The minimum absolute atomic E-state index is 0. The Morgan fingerprint density at radius 2 is 1.80 bits per heavy atom. The van der Waals surface area contributed by atoms with E-state index < -0.39 is 5.54 Å². The number of aliphatic hydroxyl groups excluding tert-OH is 1. The van der Waals surface area contributed by atoms with Crippen molar-refractivity contribution in [3.05, 3.63) is 29.8 Å². The SMILES string of the molecule is CCCCCCCOc1ccc(CCC(N)(CO)CC2CC2)cc1.Cl. The summed E-state index contributed by atoms with van der Waals surface area (Å²) in [6, 6.07) is 8.36. The molecule has 1 fully saturated rings. The van der Waals surface area contributed by atoms with Gasteiger partial charge in [0.05, 0.1) is 13.2 Å². The van der Waals surface area contributed by atoms with Gasteiger partial charge in [-0.2, -0.15) is 0 Å². The van der Waals surface area contributed by atoms with E-state index >= 15 is 0 Å². The lowest BCUT2D eigenvalue weighted by Crippen LogP contribution is -2.44. The molecule has 3 nitrogen and oxygen atoms in total. The molecule has 0 amide bonds. The van der Waals surface area contributed by atoms with Crippen molar-refractivity contribution in [1.29, 1.82) is 0 Å². The van der Waals surface area contributed by atoms with Crippen molar-refractivity contribution in [2.45, 2.75) is 76.7 Å². The molecular weight excluding hydrogens is 334 g/mol. The summed E-state index contributed by atoms with van der Waals surface area (Å²) >= 11 is 0. The van der Waals surface area contributed by atoms with E-state index in [4.69, 9.17) is 10.5 Å². The number of benzene rings is 1. The fourth-order valence-electron chi connectivity index (χ4n) is 3.18. The molecule has 0 aromatic heterocycles. The van der Waals surface area contributed by atoms with E-state index in [0.29, 0.717) is 0 Å². The van der Waals surface area contributed by atoms with E-state index in [1.807, 2.05) is 0 Å². The first kappa shape index (κ1) is 22.3. The molecule has 2 rings (SSSR count). The van der Waals surface area contributed by atoms with Crippen LogP contribution < -0.4 is 10.5 Å². The Labute approximate surface area is 159 Å². The smallest absolute Gasteiger partial charge is 0.119 e. The van der Waals surface area contributed by atoms with Crippen molar-refractivity contribution < 1.29 is 9.84 Å². The highest BCUT2D eigenvalue weighted by atomic mass is 35.5. The molecule has 3 N–H and O–H groups in total. The number of nitrogens with two attached hydrogens (primary N) is 1. The van der Waals surface area contributed by atoms with Gasteiger partial charge in [-0.3, -0.25) is 0 Å². The third-order valence-electron chi connectivity index (χ3n) is 5.06. The van der Waals surface area contributed by atoms with E-state index in [0.717, 1.165) is 44.0 Å².